The van der Waals surface area contributed by atoms with Crippen LogP contribution in [0.1, 0.15) is 113 Å². The minimum absolute atomic E-state index is 0.0675. The van der Waals surface area contributed by atoms with Gasteiger partial charge in [0.2, 0.25) is 0 Å². The van der Waals surface area contributed by atoms with E-state index in [-0.39, 0.29) is 16.8 Å². The predicted octanol–water partition coefficient (Wildman–Crippen LogP) is 8.27. The number of rotatable bonds is 1. The molecule has 5 rings (SSSR count). The van der Waals surface area contributed by atoms with Crippen molar-refractivity contribution in [2.75, 3.05) is 7.11 Å². The van der Waals surface area contributed by atoms with Crippen LogP contribution < -0.4 is 0 Å². The Labute approximate surface area is 203 Å². The molecular formula is C31H48O2. The molecule has 0 aromatic rings. The molecule has 0 unspecified atom stereocenters. The second kappa shape index (κ2) is 7.23. The molecule has 0 saturated heterocycles. The number of allylic oxidation sites excluding steroid dienone is 4. The van der Waals surface area contributed by atoms with E-state index in [1.54, 1.807) is 23.8 Å². The van der Waals surface area contributed by atoms with E-state index in [1.807, 2.05) is 0 Å². The topological polar surface area (TPSA) is 26.3 Å². The van der Waals surface area contributed by atoms with Crippen LogP contribution in [0.4, 0.5) is 0 Å². The highest BCUT2D eigenvalue weighted by molar-refractivity contribution is 5.78. The fraction of sp³-hybridized carbons (Fsp3) is 0.839. The summed E-state index contributed by atoms with van der Waals surface area (Å²) in [5.41, 5.74) is 5.96. The second-order valence-electron chi connectivity index (χ2n) is 14.4. The number of carbonyl (C=O) groups is 1. The molecule has 0 radical (unpaired) electrons. The summed E-state index contributed by atoms with van der Waals surface area (Å²) in [7, 11) is 1.61. The Morgan fingerprint density at radius 2 is 1.64 bits per heavy atom. The van der Waals surface area contributed by atoms with Crippen molar-refractivity contribution >= 4 is 5.97 Å². The fourth-order valence-corrected chi connectivity index (χ4v) is 10.3. The summed E-state index contributed by atoms with van der Waals surface area (Å²) < 4.78 is 5.50. The Hall–Kier alpha value is -1.05. The molecule has 0 aromatic heterocycles. The van der Waals surface area contributed by atoms with Crippen molar-refractivity contribution in [3.05, 3.63) is 22.8 Å². The van der Waals surface area contributed by atoms with Gasteiger partial charge in [-0.2, -0.15) is 0 Å². The summed E-state index contributed by atoms with van der Waals surface area (Å²) in [6, 6.07) is 0. The van der Waals surface area contributed by atoms with Crippen molar-refractivity contribution in [1.82, 2.24) is 0 Å². The maximum absolute atomic E-state index is 13.3. The molecule has 2 heteroatoms. The number of fused-ring (bicyclic) bond motifs is 7. The molecule has 0 N–H and O–H groups in total. The molecule has 33 heavy (non-hydrogen) atoms. The van der Waals surface area contributed by atoms with Crippen LogP contribution in [0.2, 0.25) is 0 Å². The summed E-state index contributed by atoms with van der Waals surface area (Å²) in [6.45, 7) is 17.4. The molecule has 4 fully saturated rings. The van der Waals surface area contributed by atoms with Gasteiger partial charge >= 0.3 is 5.97 Å². The first kappa shape index (κ1) is 23.7. The van der Waals surface area contributed by atoms with Crippen molar-refractivity contribution in [2.45, 2.75) is 113 Å². The first-order valence-corrected chi connectivity index (χ1v) is 13.8. The van der Waals surface area contributed by atoms with Crippen LogP contribution >= 0.6 is 0 Å². The van der Waals surface area contributed by atoms with Gasteiger partial charge in [0.05, 0.1) is 12.5 Å². The Kier molecular flexibility index (Phi) is 5.19. The van der Waals surface area contributed by atoms with Gasteiger partial charge in [0.25, 0.3) is 0 Å². The van der Waals surface area contributed by atoms with Crippen LogP contribution in [-0.2, 0) is 9.53 Å². The Morgan fingerprint density at radius 3 is 2.30 bits per heavy atom. The number of hydrogen-bond acceptors (Lipinski definition) is 2. The van der Waals surface area contributed by atoms with Crippen LogP contribution in [0.3, 0.4) is 0 Å². The molecule has 4 saturated carbocycles. The van der Waals surface area contributed by atoms with E-state index >= 15 is 0 Å². The van der Waals surface area contributed by atoms with Crippen LogP contribution in [-0.4, -0.2) is 13.1 Å². The van der Waals surface area contributed by atoms with Crippen LogP contribution in [0.5, 0.6) is 0 Å². The lowest BCUT2D eigenvalue weighted by molar-refractivity contribution is -0.173. The smallest absolute Gasteiger partial charge is 0.312 e. The highest BCUT2D eigenvalue weighted by Gasteiger charge is 2.68. The van der Waals surface area contributed by atoms with Crippen LogP contribution in [0.15, 0.2) is 22.8 Å². The quantitative estimate of drug-likeness (QED) is 0.295. The van der Waals surface area contributed by atoms with Gasteiger partial charge < -0.3 is 4.74 Å². The fourth-order valence-electron chi connectivity index (χ4n) is 10.3. The summed E-state index contributed by atoms with van der Waals surface area (Å²) in [5, 5.41) is 0. The van der Waals surface area contributed by atoms with Crippen LogP contribution in [0, 0.1) is 44.8 Å². The molecule has 0 spiro atoms. The molecule has 0 aliphatic heterocycles. The number of methoxy groups -OCH3 is 1. The second-order valence-corrected chi connectivity index (χ2v) is 14.4. The molecule has 0 amide bonds. The lowest BCUT2D eigenvalue weighted by Crippen LogP contribution is -2.61. The molecule has 184 valence electrons. The molecular weight excluding hydrogens is 404 g/mol. The molecule has 5 aliphatic carbocycles. The molecule has 0 bridgehead atoms. The van der Waals surface area contributed by atoms with Crippen molar-refractivity contribution in [3.63, 3.8) is 0 Å². The number of hydrogen-bond donors (Lipinski definition) is 0. The zero-order valence-corrected chi connectivity index (χ0v) is 22.7. The lowest BCUT2D eigenvalue weighted by Gasteiger charge is -2.68. The third-order valence-electron chi connectivity index (χ3n) is 12.5. The number of ether oxygens (including phenoxy) is 1. The molecule has 7 atom stereocenters. The summed E-state index contributed by atoms with van der Waals surface area (Å²) in [4.78, 5) is 13.3. The largest absolute Gasteiger partial charge is 0.469 e. The Morgan fingerprint density at radius 1 is 0.939 bits per heavy atom. The first-order chi connectivity index (χ1) is 15.3. The van der Waals surface area contributed by atoms with E-state index < -0.39 is 0 Å². The maximum Gasteiger partial charge on any atom is 0.312 e. The third-order valence-corrected chi connectivity index (χ3v) is 12.5. The minimum atomic E-state index is -0.289. The van der Waals surface area contributed by atoms with E-state index in [4.69, 9.17) is 4.74 Å². The maximum atomic E-state index is 13.3. The van der Waals surface area contributed by atoms with Crippen molar-refractivity contribution in [3.8, 4) is 0 Å². The zero-order chi connectivity index (χ0) is 24.0. The molecule has 0 heterocycles. The van der Waals surface area contributed by atoms with E-state index in [1.165, 1.54) is 32.1 Å². The van der Waals surface area contributed by atoms with Crippen molar-refractivity contribution in [2.24, 2.45) is 44.8 Å². The Balaban J connectivity index is 1.60. The number of esters is 1. The highest BCUT2D eigenvalue weighted by Crippen LogP contribution is 2.75. The van der Waals surface area contributed by atoms with Gasteiger partial charge in [-0.3, -0.25) is 4.79 Å². The van der Waals surface area contributed by atoms with E-state index in [0.717, 1.165) is 43.9 Å². The standard InChI is InChI=1S/C31H48O2/c1-20(2)21-11-13-28(5)22(21)12-14-30(7)25(28)10-9-23-24-19-27(3,4)15-17-31(24,26(32)33-8)18-16-29(23,30)6/h9,22,24-25H,10-19H2,1-8H3/t22-,24-,25+,28+,29+,30+,31-/m0/s1. The van der Waals surface area contributed by atoms with Gasteiger partial charge in [-0.15, -0.1) is 0 Å². The Bertz CT molecular complexity index is 919. The minimum Gasteiger partial charge on any atom is -0.469 e. The average molecular weight is 453 g/mol. The summed E-state index contributed by atoms with van der Waals surface area (Å²) in [5.74, 6) is 1.95. The van der Waals surface area contributed by atoms with Gasteiger partial charge in [-0.1, -0.05) is 57.4 Å². The molecule has 0 aromatic carbocycles. The predicted molar refractivity (Wildman–Crippen MR) is 136 cm³/mol. The van der Waals surface area contributed by atoms with Gasteiger partial charge in [0.15, 0.2) is 0 Å². The van der Waals surface area contributed by atoms with E-state index in [2.05, 4.69) is 54.5 Å². The van der Waals surface area contributed by atoms with Gasteiger partial charge in [0.1, 0.15) is 0 Å². The normalized spacial score (nSPS) is 48.1. The van der Waals surface area contributed by atoms with E-state index in [9.17, 15) is 4.79 Å². The summed E-state index contributed by atoms with van der Waals surface area (Å²) >= 11 is 0. The van der Waals surface area contributed by atoms with E-state index in [0.29, 0.717) is 22.2 Å². The van der Waals surface area contributed by atoms with Gasteiger partial charge in [-0.25, -0.2) is 0 Å². The van der Waals surface area contributed by atoms with Crippen molar-refractivity contribution in [1.29, 1.82) is 0 Å². The summed E-state index contributed by atoms with van der Waals surface area (Å²) in [6.07, 6.45) is 14.7. The van der Waals surface area contributed by atoms with Gasteiger partial charge in [0, 0.05) is 0 Å². The molecule has 5 aliphatic rings. The van der Waals surface area contributed by atoms with Crippen LogP contribution in [0.25, 0.3) is 0 Å². The van der Waals surface area contributed by atoms with Gasteiger partial charge in [-0.05, 0) is 117 Å². The van der Waals surface area contributed by atoms with Crippen molar-refractivity contribution < 1.29 is 9.53 Å². The first-order valence-electron chi connectivity index (χ1n) is 13.8. The zero-order valence-electron chi connectivity index (χ0n) is 22.7. The average Bonchev–Trinajstić information content (AvgIpc) is 3.10. The highest BCUT2D eigenvalue weighted by atomic mass is 16.5. The SMILES string of the molecule is COC(=O)[C@]12CCC(C)(C)C[C@H]1C1=CC[C@@H]3[C@]4(C)CCC(=C(C)C)[C@@H]4CC[C@@]3(C)[C@]1(C)CC2. The number of carbonyl (C=O) groups excluding carboxylic acids is 1. The molecule has 2 nitrogen and oxygen atoms in total. The third kappa shape index (κ3) is 2.94. The lowest BCUT2D eigenvalue weighted by atomic mass is 9.36. The monoisotopic (exact) mass is 452 g/mol.